The molecule has 7 heteroatoms. The van der Waals surface area contributed by atoms with Crippen LogP contribution in [0.2, 0.25) is 0 Å². The van der Waals surface area contributed by atoms with Crippen molar-refractivity contribution in [2.24, 2.45) is 0 Å². The smallest absolute Gasteiger partial charge is 0.355 e. The van der Waals surface area contributed by atoms with Crippen LogP contribution >= 0.6 is 0 Å². The molecule has 0 saturated carbocycles. The van der Waals surface area contributed by atoms with Crippen molar-refractivity contribution < 1.29 is 14.3 Å². The van der Waals surface area contributed by atoms with Gasteiger partial charge in [-0.15, -0.1) is 0 Å². The Balaban J connectivity index is 2.58. The van der Waals surface area contributed by atoms with Gasteiger partial charge in [-0.2, -0.15) is 5.26 Å². The Morgan fingerprint density at radius 2 is 2.32 bits per heavy atom. The topological polar surface area (TPSA) is 110 Å². The number of carbonyl (C=O) groups excluding carboxylic acids is 2. The molecule has 0 fully saturated rings. The summed E-state index contributed by atoms with van der Waals surface area (Å²) in [5.74, 6) is -1.13. The second kappa shape index (κ2) is 7.06. The molecule has 0 aliphatic rings. The van der Waals surface area contributed by atoms with Crippen LogP contribution in [0.1, 0.15) is 23.8 Å². The van der Waals surface area contributed by atoms with Gasteiger partial charge >= 0.3 is 5.97 Å². The van der Waals surface area contributed by atoms with E-state index in [9.17, 15) is 9.59 Å². The molecule has 0 bridgehead atoms. The number of aromatic nitrogens is 1. The molecule has 19 heavy (non-hydrogen) atoms. The van der Waals surface area contributed by atoms with Crippen LogP contribution < -0.4 is 11.1 Å². The van der Waals surface area contributed by atoms with E-state index in [0.717, 1.165) is 6.42 Å². The van der Waals surface area contributed by atoms with Crippen LogP contribution in [0.5, 0.6) is 0 Å². The first-order valence-electron chi connectivity index (χ1n) is 5.85. The standard InChI is InChI=1S/C12H16N4O3/c1-2-5-16-7-9(14)6-10(16)12(18)19-8-11(17)15-4-3-13/h6-7H,2,4-5,8,14H2,1H3,(H,15,17). The Bertz CT molecular complexity index is 502. The monoisotopic (exact) mass is 264 g/mol. The van der Waals surface area contributed by atoms with Crippen LogP contribution in [0.4, 0.5) is 5.69 Å². The summed E-state index contributed by atoms with van der Waals surface area (Å²) in [6.07, 6.45) is 2.49. The molecule has 0 unspecified atom stereocenters. The first-order valence-corrected chi connectivity index (χ1v) is 5.85. The van der Waals surface area contributed by atoms with Crippen molar-refractivity contribution >= 4 is 17.6 Å². The quantitative estimate of drug-likeness (QED) is 0.566. The largest absolute Gasteiger partial charge is 0.451 e. The number of nitrogen functional groups attached to an aromatic ring is 1. The lowest BCUT2D eigenvalue weighted by molar-refractivity contribution is -0.124. The van der Waals surface area contributed by atoms with E-state index in [2.05, 4.69) is 5.32 Å². The summed E-state index contributed by atoms with van der Waals surface area (Å²) in [7, 11) is 0. The van der Waals surface area contributed by atoms with E-state index in [0.29, 0.717) is 17.9 Å². The first-order chi connectivity index (χ1) is 9.08. The van der Waals surface area contributed by atoms with E-state index in [1.165, 1.54) is 6.07 Å². The summed E-state index contributed by atoms with van der Waals surface area (Å²) in [5, 5.41) is 10.6. The molecule has 0 radical (unpaired) electrons. The van der Waals surface area contributed by atoms with Crippen LogP contribution in [-0.2, 0) is 16.1 Å². The van der Waals surface area contributed by atoms with E-state index >= 15 is 0 Å². The minimum Gasteiger partial charge on any atom is -0.451 e. The van der Waals surface area contributed by atoms with Crippen molar-refractivity contribution in [1.29, 1.82) is 5.26 Å². The van der Waals surface area contributed by atoms with E-state index in [1.54, 1.807) is 16.8 Å². The molecule has 1 aromatic heterocycles. The van der Waals surface area contributed by atoms with Gasteiger partial charge in [-0.1, -0.05) is 6.92 Å². The molecule has 1 aromatic rings. The highest BCUT2D eigenvalue weighted by Gasteiger charge is 2.15. The van der Waals surface area contributed by atoms with Crippen molar-refractivity contribution in [3.63, 3.8) is 0 Å². The van der Waals surface area contributed by atoms with Crippen LogP contribution in [0.3, 0.4) is 0 Å². The number of amides is 1. The molecule has 0 spiro atoms. The zero-order chi connectivity index (χ0) is 14.3. The molecular weight excluding hydrogens is 248 g/mol. The Hall–Kier alpha value is -2.49. The van der Waals surface area contributed by atoms with Gasteiger partial charge in [0.15, 0.2) is 6.61 Å². The number of hydrogen-bond donors (Lipinski definition) is 2. The molecule has 7 nitrogen and oxygen atoms in total. The molecule has 1 heterocycles. The minimum absolute atomic E-state index is 0.116. The van der Waals surface area contributed by atoms with Crippen LogP contribution in [-0.4, -0.2) is 29.6 Å². The van der Waals surface area contributed by atoms with E-state index in [-0.39, 0.29) is 6.54 Å². The highest BCUT2D eigenvalue weighted by atomic mass is 16.5. The van der Waals surface area contributed by atoms with E-state index in [4.69, 9.17) is 15.7 Å². The number of esters is 1. The highest BCUT2D eigenvalue weighted by Crippen LogP contribution is 2.12. The van der Waals surface area contributed by atoms with Gasteiger partial charge in [0.1, 0.15) is 12.2 Å². The normalized spacial score (nSPS) is 9.68. The molecule has 3 N–H and O–H groups in total. The third-order valence-electron chi connectivity index (χ3n) is 2.29. The number of anilines is 1. The van der Waals surface area contributed by atoms with Crippen LogP contribution in [0.25, 0.3) is 0 Å². The van der Waals surface area contributed by atoms with Crippen molar-refractivity contribution in [3.8, 4) is 6.07 Å². The lowest BCUT2D eigenvalue weighted by atomic mass is 10.4. The second-order valence-corrected chi connectivity index (χ2v) is 3.86. The van der Waals surface area contributed by atoms with E-state index in [1.807, 2.05) is 6.92 Å². The van der Waals surface area contributed by atoms with Gasteiger partial charge in [0.2, 0.25) is 0 Å². The summed E-state index contributed by atoms with van der Waals surface area (Å²) in [6, 6.07) is 3.26. The van der Waals surface area contributed by atoms with Crippen molar-refractivity contribution in [3.05, 3.63) is 18.0 Å². The number of ether oxygens (including phenoxy) is 1. The Morgan fingerprint density at radius 3 is 2.95 bits per heavy atom. The number of nitrogens with two attached hydrogens (primary N) is 1. The average molecular weight is 264 g/mol. The van der Waals surface area contributed by atoms with Gasteiger partial charge in [-0.25, -0.2) is 4.79 Å². The number of nitrogens with one attached hydrogen (secondary N) is 1. The van der Waals surface area contributed by atoms with E-state index < -0.39 is 18.5 Å². The second-order valence-electron chi connectivity index (χ2n) is 3.86. The average Bonchev–Trinajstić information content (AvgIpc) is 2.75. The number of rotatable bonds is 6. The number of nitriles is 1. The maximum Gasteiger partial charge on any atom is 0.355 e. The molecule has 0 aliphatic heterocycles. The third kappa shape index (κ3) is 4.35. The Labute approximate surface area is 110 Å². The number of aryl methyl sites for hydroxylation is 1. The SMILES string of the molecule is CCCn1cc(N)cc1C(=O)OCC(=O)NCC#N. The molecule has 0 atom stereocenters. The van der Waals surface area contributed by atoms with Gasteiger partial charge < -0.3 is 20.4 Å². The summed E-state index contributed by atoms with van der Waals surface area (Å²) in [5.41, 5.74) is 6.40. The molecule has 0 aliphatic carbocycles. The molecule has 1 rings (SSSR count). The fourth-order valence-corrected chi connectivity index (χ4v) is 1.52. The van der Waals surface area contributed by atoms with Gasteiger partial charge in [0.25, 0.3) is 5.91 Å². The molecular formula is C12H16N4O3. The van der Waals surface area contributed by atoms with Gasteiger partial charge in [0.05, 0.1) is 11.8 Å². The first kappa shape index (κ1) is 14.6. The molecule has 102 valence electrons. The number of carbonyl (C=O) groups is 2. The highest BCUT2D eigenvalue weighted by molar-refractivity contribution is 5.91. The summed E-state index contributed by atoms with van der Waals surface area (Å²) >= 11 is 0. The van der Waals surface area contributed by atoms with Crippen molar-refractivity contribution in [1.82, 2.24) is 9.88 Å². The van der Waals surface area contributed by atoms with Crippen LogP contribution in [0, 0.1) is 11.3 Å². The Kier molecular flexibility index (Phi) is 5.41. The molecule has 1 amide bonds. The summed E-state index contributed by atoms with van der Waals surface area (Å²) in [6.45, 7) is 2.08. The lowest BCUT2D eigenvalue weighted by Gasteiger charge is -2.07. The zero-order valence-electron chi connectivity index (χ0n) is 10.7. The zero-order valence-corrected chi connectivity index (χ0v) is 10.7. The minimum atomic E-state index is -0.614. The predicted octanol–water partition coefficient (Wildman–Crippen LogP) is 0.277. The third-order valence-corrected chi connectivity index (χ3v) is 2.29. The fraction of sp³-hybridized carbons (Fsp3) is 0.417. The van der Waals surface area contributed by atoms with Gasteiger partial charge in [-0.3, -0.25) is 4.79 Å². The fourth-order valence-electron chi connectivity index (χ4n) is 1.52. The van der Waals surface area contributed by atoms with Crippen molar-refractivity contribution in [2.45, 2.75) is 19.9 Å². The number of hydrogen-bond acceptors (Lipinski definition) is 5. The maximum atomic E-state index is 11.8. The molecule has 0 aromatic carbocycles. The summed E-state index contributed by atoms with van der Waals surface area (Å²) in [4.78, 5) is 23.0. The van der Waals surface area contributed by atoms with Crippen molar-refractivity contribution in [2.75, 3.05) is 18.9 Å². The molecule has 0 saturated heterocycles. The lowest BCUT2D eigenvalue weighted by Crippen LogP contribution is -2.29. The summed E-state index contributed by atoms with van der Waals surface area (Å²) < 4.78 is 6.54. The Morgan fingerprint density at radius 1 is 1.58 bits per heavy atom. The van der Waals surface area contributed by atoms with Gasteiger partial charge in [-0.05, 0) is 12.5 Å². The van der Waals surface area contributed by atoms with Crippen LogP contribution in [0.15, 0.2) is 12.3 Å². The maximum absolute atomic E-state index is 11.8. The number of nitrogens with zero attached hydrogens (tertiary/aromatic N) is 2. The van der Waals surface area contributed by atoms with Gasteiger partial charge in [0, 0.05) is 12.7 Å². The predicted molar refractivity (Wildman–Crippen MR) is 68.0 cm³/mol.